The predicted molar refractivity (Wildman–Crippen MR) is 280 cm³/mol. The zero-order valence-electron chi connectivity index (χ0n) is 42.5. The Kier molecular flexibility index (Phi) is 13.4. The van der Waals surface area contributed by atoms with Crippen molar-refractivity contribution in [3.8, 4) is 22.3 Å². The van der Waals surface area contributed by atoms with Gasteiger partial charge in [-0.15, -0.1) is 0 Å². The van der Waals surface area contributed by atoms with E-state index in [0.717, 1.165) is 25.7 Å². The van der Waals surface area contributed by atoms with Crippen LogP contribution in [0.4, 0.5) is 0 Å². The van der Waals surface area contributed by atoms with Gasteiger partial charge in [-0.1, -0.05) is 0 Å². The quantitative estimate of drug-likeness (QED) is 0.140. The molecule has 2 unspecified atom stereocenters. The summed E-state index contributed by atoms with van der Waals surface area (Å²) in [5.74, 6) is -3.18. The first-order valence-corrected chi connectivity index (χ1v) is 41.1. The fourth-order valence-corrected chi connectivity index (χ4v) is 42.7. The van der Waals surface area contributed by atoms with Gasteiger partial charge in [-0.2, -0.15) is 0 Å². The van der Waals surface area contributed by atoms with Gasteiger partial charge >= 0.3 is 410 Å². The number of allylic oxidation sites excluding steroid dienone is 2. The summed E-state index contributed by atoms with van der Waals surface area (Å²) in [6.45, 7) is 33.8. The maximum absolute atomic E-state index is 9.26. The van der Waals surface area contributed by atoms with E-state index in [2.05, 4.69) is 166 Å². The molecule has 4 aromatic carbocycles. The van der Waals surface area contributed by atoms with E-state index >= 15 is 0 Å². The molecular formula is C58H77Cl2O4SiZr. The second-order valence-electron chi connectivity index (χ2n) is 24.0. The molecule has 2 saturated heterocycles. The zero-order chi connectivity index (χ0) is 47.9. The first-order valence-electron chi connectivity index (χ1n) is 24.8. The molecule has 8 rings (SSSR count). The van der Waals surface area contributed by atoms with Gasteiger partial charge in [-0.25, -0.2) is 0 Å². The van der Waals surface area contributed by atoms with Crippen LogP contribution < -0.4 is 0 Å². The Labute approximate surface area is 407 Å². The molecule has 0 radical (unpaired) electrons. The van der Waals surface area contributed by atoms with Gasteiger partial charge < -0.3 is 0 Å². The van der Waals surface area contributed by atoms with Crippen LogP contribution in [-0.4, -0.2) is 43.9 Å². The van der Waals surface area contributed by atoms with Crippen molar-refractivity contribution < 1.29 is 34.5 Å². The molecule has 4 nitrogen and oxygen atoms in total. The molecule has 0 aromatic heterocycles. The van der Waals surface area contributed by atoms with Crippen LogP contribution in [0.1, 0.15) is 149 Å². The van der Waals surface area contributed by atoms with E-state index in [4.69, 9.17) is 18.9 Å². The molecule has 0 amide bonds. The van der Waals surface area contributed by atoms with Crippen LogP contribution in [-0.2, 0) is 45.3 Å². The standard InChI is InChI=1S/2C28H35O2.C2H7Si.2ClH.Zr/c2*1-7-28(18-29-27(5,6)30-19-28)17-20-15-22-9-8-10-24(25(22)16-20)21-11-13-23(14-12-21)26(2,3)4;1-3-2;;;/h2*8-16H,7,17-19H2,1-6H3;3H,1-2H3;2*1H;/q;;;;;+2/p-2. The second-order valence-corrected chi connectivity index (χ2v) is 66.5. The van der Waals surface area contributed by atoms with Gasteiger partial charge in [0.2, 0.25) is 0 Å². The van der Waals surface area contributed by atoms with Gasteiger partial charge in [0.25, 0.3) is 0 Å². The number of hydrogen-bond acceptors (Lipinski definition) is 4. The van der Waals surface area contributed by atoms with Crippen LogP contribution in [0.15, 0.2) is 96.1 Å². The van der Waals surface area contributed by atoms with Crippen molar-refractivity contribution in [3.63, 3.8) is 0 Å². The fraction of sp³-hybridized carbons (Fsp3) is 0.517. The molecular weight excluding hydrogens is 951 g/mol. The minimum atomic E-state index is -5.37. The first kappa shape index (κ1) is 50.3. The van der Waals surface area contributed by atoms with Crippen LogP contribution >= 0.6 is 17.0 Å². The van der Waals surface area contributed by atoms with Crippen LogP contribution in [0.25, 0.3) is 34.4 Å². The molecule has 0 saturated carbocycles. The summed E-state index contributed by atoms with van der Waals surface area (Å²) >= 11 is -5.37. The molecule has 4 aromatic rings. The van der Waals surface area contributed by atoms with E-state index in [1.807, 2.05) is 27.7 Å². The van der Waals surface area contributed by atoms with E-state index in [1.54, 1.807) is 0 Å². The first-order chi connectivity index (χ1) is 30.7. The molecule has 2 aliphatic carbocycles. The molecule has 2 aliphatic heterocycles. The fourth-order valence-electron chi connectivity index (χ4n) is 11.4. The van der Waals surface area contributed by atoms with Gasteiger partial charge in [0.05, 0.1) is 0 Å². The Hall–Kier alpha value is -2.12. The monoisotopic (exact) mass is 1030 g/mol. The van der Waals surface area contributed by atoms with Gasteiger partial charge in [0, 0.05) is 0 Å². The zero-order valence-corrected chi connectivity index (χ0v) is 47.6. The van der Waals surface area contributed by atoms with Gasteiger partial charge in [0.15, 0.2) is 0 Å². The minimum absolute atomic E-state index is 0.0586. The van der Waals surface area contributed by atoms with Crippen molar-refractivity contribution in [2.24, 2.45) is 10.8 Å². The third-order valence-corrected chi connectivity index (χ3v) is 68.0. The Morgan fingerprint density at radius 3 is 1.17 bits per heavy atom. The summed E-state index contributed by atoms with van der Waals surface area (Å²) in [4.78, 5) is 0. The molecule has 4 aliphatic rings. The average Bonchev–Trinajstić information content (AvgIpc) is 3.84. The SMILES string of the molecule is CCC1(CC2=Cc3c(-c4ccc(C(C)(C)C)cc4)cccc3[CH]2[Zr]([Cl])([Cl])([CH]2C(CC3(CC)COC(C)(C)OC3)=Cc3c(-c4ccc(C(C)(C)C)cc4)cccc32)[SiH](C)C)COC(C)(C)OC1. The summed E-state index contributed by atoms with van der Waals surface area (Å²) in [6, 6.07) is 32.3. The van der Waals surface area contributed by atoms with Crippen molar-refractivity contribution in [1.82, 2.24) is 0 Å². The average molecular weight is 1030 g/mol. The Balaban J connectivity index is 1.35. The van der Waals surface area contributed by atoms with Gasteiger partial charge in [-0.3, -0.25) is 0 Å². The van der Waals surface area contributed by atoms with Crippen molar-refractivity contribution in [1.29, 1.82) is 0 Å². The van der Waals surface area contributed by atoms with Crippen molar-refractivity contribution in [3.05, 3.63) is 129 Å². The topological polar surface area (TPSA) is 36.9 Å². The van der Waals surface area contributed by atoms with E-state index in [0.29, 0.717) is 26.4 Å². The Bertz CT molecular complexity index is 2330. The van der Waals surface area contributed by atoms with E-state index in [9.17, 15) is 17.0 Å². The molecule has 66 heavy (non-hydrogen) atoms. The summed E-state index contributed by atoms with van der Waals surface area (Å²) in [6.07, 6.45) is 8.49. The molecule has 2 atom stereocenters. The van der Waals surface area contributed by atoms with E-state index < -0.39 is 33.1 Å². The summed E-state index contributed by atoms with van der Waals surface area (Å²) < 4.78 is 25.9. The maximum atomic E-state index is 9.26. The summed E-state index contributed by atoms with van der Waals surface area (Å²) in [5, 5.41) is 0. The van der Waals surface area contributed by atoms with Crippen LogP contribution in [0.2, 0.25) is 13.1 Å². The second kappa shape index (κ2) is 17.6. The van der Waals surface area contributed by atoms with Crippen molar-refractivity contribution in [2.75, 3.05) is 26.4 Å². The Morgan fingerprint density at radius 2 is 0.879 bits per heavy atom. The van der Waals surface area contributed by atoms with Gasteiger partial charge in [0.1, 0.15) is 0 Å². The molecule has 8 heteroatoms. The summed E-state index contributed by atoms with van der Waals surface area (Å²) in [7, 11) is 18.5. The van der Waals surface area contributed by atoms with Gasteiger partial charge in [-0.05, 0) is 0 Å². The van der Waals surface area contributed by atoms with E-state index in [-0.39, 0.29) is 28.9 Å². The van der Waals surface area contributed by atoms with Crippen LogP contribution in [0, 0.1) is 10.8 Å². The van der Waals surface area contributed by atoms with Crippen LogP contribution in [0.5, 0.6) is 0 Å². The van der Waals surface area contributed by atoms with E-state index in [1.165, 1.54) is 66.8 Å². The Morgan fingerprint density at radius 1 is 0.545 bits per heavy atom. The number of benzene rings is 4. The molecule has 0 N–H and O–H groups in total. The predicted octanol–water partition coefficient (Wildman–Crippen LogP) is 16.3. The molecule has 2 fully saturated rings. The third-order valence-electron chi connectivity index (χ3n) is 16.2. The third kappa shape index (κ3) is 9.20. The number of rotatable bonds is 11. The molecule has 355 valence electrons. The number of halogens is 2. The van der Waals surface area contributed by atoms with Crippen molar-refractivity contribution in [2.45, 2.75) is 152 Å². The number of fused-ring (bicyclic) bond motifs is 2. The molecule has 2 heterocycles. The number of hydrogen-bond donors (Lipinski definition) is 0. The molecule has 0 spiro atoms. The van der Waals surface area contributed by atoms with Crippen molar-refractivity contribution >= 4 is 35.1 Å². The number of ether oxygens (including phenoxy) is 4. The summed E-state index contributed by atoms with van der Waals surface area (Å²) in [5.41, 5.74) is 15.0. The normalized spacial score (nSPS) is 22.8. The molecule has 0 bridgehead atoms. The van der Waals surface area contributed by atoms with Crippen LogP contribution in [0.3, 0.4) is 0 Å².